The van der Waals surface area contributed by atoms with Gasteiger partial charge >= 0.3 is 5.97 Å². The smallest absolute Gasteiger partial charge is 0.301 e. The van der Waals surface area contributed by atoms with Crippen LogP contribution in [-0.2, 0) is 30.5 Å². The fourth-order valence-electron chi connectivity index (χ4n) is 1.89. The molecule has 2 N–H and O–H groups in total. The van der Waals surface area contributed by atoms with Crippen LogP contribution in [0, 0.1) is 0 Å². The monoisotopic (exact) mass is 346 g/mol. The van der Waals surface area contributed by atoms with Crippen molar-refractivity contribution in [2.75, 3.05) is 5.75 Å². The number of carbonyl (C=O) groups excluding carboxylic acids is 1. The fraction of sp³-hybridized carbons (Fsp3) is 0.909. The number of rotatable bonds is 12. The zero-order valence-electron chi connectivity index (χ0n) is 11.6. The highest BCUT2D eigenvalue weighted by Gasteiger charge is 2.19. The molecule has 0 saturated heterocycles. The summed E-state index contributed by atoms with van der Waals surface area (Å²) in [5.41, 5.74) is 0. The Bertz CT molecular complexity index is 461. The summed E-state index contributed by atoms with van der Waals surface area (Å²) in [6.45, 7) is 0. The second-order valence-corrected chi connectivity index (χ2v) is 7.61. The molecule has 0 aliphatic carbocycles. The van der Waals surface area contributed by atoms with Crippen molar-refractivity contribution in [3.8, 4) is 0 Å². The lowest BCUT2D eigenvalue weighted by Gasteiger charge is -2.08. The maximum absolute atomic E-state index is 10.9. The predicted molar refractivity (Wildman–Crippen MR) is 76.2 cm³/mol. The molecular formula is C11H22O8S2. The van der Waals surface area contributed by atoms with Crippen molar-refractivity contribution in [2.45, 2.75) is 56.6 Å². The highest BCUT2D eigenvalue weighted by molar-refractivity contribution is 7.86. The Labute approximate surface area is 126 Å². The second-order valence-electron chi connectivity index (χ2n) is 4.81. The number of carbonyl (C=O) groups is 1. The molecule has 126 valence electrons. The number of hydrogen-bond donors (Lipinski definition) is 3. The Morgan fingerprint density at radius 1 is 1.05 bits per heavy atom. The van der Waals surface area contributed by atoms with Crippen LogP contribution in [0.3, 0.4) is 0 Å². The summed E-state index contributed by atoms with van der Waals surface area (Å²) >= 11 is 0. The van der Waals surface area contributed by atoms with E-state index in [0.717, 1.165) is 25.7 Å². The van der Waals surface area contributed by atoms with Crippen LogP contribution in [-0.4, -0.2) is 43.6 Å². The van der Waals surface area contributed by atoms with Gasteiger partial charge in [0.05, 0.1) is 11.0 Å². The molecule has 10 heteroatoms. The van der Waals surface area contributed by atoms with Crippen LogP contribution in [0.4, 0.5) is 0 Å². The van der Waals surface area contributed by atoms with E-state index in [2.05, 4.69) is 4.89 Å². The topological polar surface area (TPSA) is 135 Å². The third kappa shape index (κ3) is 12.7. The van der Waals surface area contributed by atoms with Crippen LogP contribution in [0.2, 0.25) is 0 Å². The Morgan fingerprint density at radius 3 is 2.05 bits per heavy atom. The number of hydrogen-bond acceptors (Lipinski definition) is 7. The van der Waals surface area contributed by atoms with E-state index in [9.17, 15) is 21.6 Å². The van der Waals surface area contributed by atoms with Gasteiger partial charge in [-0.3, -0.25) is 4.55 Å². The van der Waals surface area contributed by atoms with Gasteiger partial charge in [0.25, 0.3) is 10.1 Å². The lowest BCUT2D eigenvalue weighted by atomic mass is 10.1. The zero-order valence-corrected chi connectivity index (χ0v) is 13.4. The highest BCUT2D eigenvalue weighted by atomic mass is 32.2. The van der Waals surface area contributed by atoms with Gasteiger partial charge in [-0.1, -0.05) is 32.1 Å². The first-order valence-electron chi connectivity index (χ1n) is 6.69. The van der Waals surface area contributed by atoms with Crippen molar-refractivity contribution in [3.05, 3.63) is 0 Å². The van der Waals surface area contributed by atoms with E-state index >= 15 is 0 Å². The van der Waals surface area contributed by atoms with Gasteiger partial charge < -0.3 is 4.89 Å². The molecule has 21 heavy (non-hydrogen) atoms. The molecular weight excluding hydrogens is 324 g/mol. The second kappa shape index (κ2) is 10.9. The maximum Gasteiger partial charge on any atom is 0.342 e. The highest BCUT2D eigenvalue weighted by Crippen LogP contribution is 2.12. The third-order valence-electron chi connectivity index (χ3n) is 2.97. The Balaban J connectivity index is 3.70. The molecule has 0 aliphatic heterocycles. The Kier molecular flexibility index (Phi) is 10.6. The van der Waals surface area contributed by atoms with E-state index in [-0.39, 0.29) is 12.8 Å². The summed E-state index contributed by atoms with van der Waals surface area (Å²) in [4.78, 5) is 14.1. The molecule has 0 amide bonds. The molecule has 0 rings (SSSR count). The van der Waals surface area contributed by atoms with Gasteiger partial charge in [-0.2, -0.15) is 13.7 Å². The van der Waals surface area contributed by atoms with Crippen LogP contribution in [0.15, 0.2) is 0 Å². The minimum absolute atomic E-state index is 0.156. The SMILES string of the molecule is O=C(CCCCCCCCC(CS(=O)(=O)O)[SH](=O)=O)OO. The van der Waals surface area contributed by atoms with Crippen LogP contribution in [0.1, 0.15) is 51.4 Å². The summed E-state index contributed by atoms with van der Waals surface area (Å²) in [5, 5.41) is 6.98. The van der Waals surface area contributed by atoms with Gasteiger partial charge in [-0.25, -0.2) is 13.2 Å². The normalized spacial score (nSPS) is 13.3. The molecule has 8 nitrogen and oxygen atoms in total. The summed E-state index contributed by atoms with van der Waals surface area (Å²) < 4.78 is 51.7. The van der Waals surface area contributed by atoms with E-state index in [1.807, 2.05) is 0 Å². The summed E-state index contributed by atoms with van der Waals surface area (Å²) in [7, 11) is -7.16. The van der Waals surface area contributed by atoms with Crippen molar-refractivity contribution in [1.29, 1.82) is 0 Å². The molecule has 0 bridgehead atoms. The first-order chi connectivity index (χ1) is 9.76. The summed E-state index contributed by atoms with van der Waals surface area (Å²) in [6, 6.07) is 0. The van der Waals surface area contributed by atoms with Crippen LogP contribution in [0.25, 0.3) is 0 Å². The zero-order chi connectivity index (χ0) is 16.3. The molecule has 0 aliphatic rings. The van der Waals surface area contributed by atoms with Crippen LogP contribution >= 0.6 is 0 Å². The third-order valence-corrected chi connectivity index (χ3v) is 5.08. The number of unbranched alkanes of at least 4 members (excludes halogenated alkanes) is 5. The maximum atomic E-state index is 10.9. The van der Waals surface area contributed by atoms with E-state index in [1.54, 1.807) is 0 Å². The number of thiol groups is 1. The van der Waals surface area contributed by atoms with Crippen LogP contribution in [0.5, 0.6) is 0 Å². The van der Waals surface area contributed by atoms with E-state index < -0.39 is 37.8 Å². The van der Waals surface area contributed by atoms with Gasteiger partial charge in [0.2, 0.25) is 0 Å². The minimum Gasteiger partial charge on any atom is -0.301 e. The Hall–Kier alpha value is -0.710. The molecule has 0 spiro atoms. The molecule has 0 aromatic rings. The van der Waals surface area contributed by atoms with E-state index in [0.29, 0.717) is 12.8 Å². The molecule has 1 unspecified atom stereocenters. The van der Waals surface area contributed by atoms with Gasteiger partial charge in [0.1, 0.15) is 10.7 Å². The lowest BCUT2D eigenvalue weighted by Crippen LogP contribution is -2.22. The van der Waals surface area contributed by atoms with Gasteiger partial charge in [0, 0.05) is 6.42 Å². The van der Waals surface area contributed by atoms with Crippen molar-refractivity contribution >= 4 is 26.8 Å². The lowest BCUT2D eigenvalue weighted by molar-refractivity contribution is -0.234. The molecule has 0 aromatic carbocycles. The van der Waals surface area contributed by atoms with E-state index in [1.165, 1.54) is 0 Å². The van der Waals surface area contributed by atoms with Gasteiger partial charge in [-0.05, 0) is 12.8 Å². The van der Waals surface area contributed by atoms with Gasteiger partial charge in [0.15, 0.2) is 0 Å². The van der Waals surface area contributed by atoms with E-state index in [4.69, 9.17) is 9.81 Å². The van der Waals surface area contributed by atoms with Gasteiger partial charge in [-0.15, -0.1) is 0 Å². The average Bonchev–Trinajstić information content (AvgIpc) is 2.38. The first kappa shape index (κ1) is 20.3. The molecule has 0 radical (unpaired) electrons. The van der Waals surface area contributed by atoms with Crippen molar-refractivity contribution < 1.29 is 36.3 Å². The standard InChI is InChI=1S/C11H22O8S2/c12-11(19-13)8-6-4-2-1-3-5-7-10(20(14)15)9-21(16,17)18/h10,13,20H,1-9H2,(H,16,17,18). The quantitative estimate of drug-likeness (QED) is 0.156. The average molecular weight is 346 g/mol. The minimum atomic E-state index is -4.28. The summed E-state index contributed by atoms with van der Waals surface area (Å²) in [5.74, 6) is -1.42. The first-order valence-corrected chi connectivity index (χ1v) is 9.54. The molecule has 0 aromatic heterocycles. The Morgan fingerprint density at radius 2 is 1.57 bits per heavy atom. The van der Waals surface area contributed by atoms with Crippen molar-refractivity contribution in [1.82, 2.24) is 0 Å². The van der Waals surface area contributed by atoms with Crippen molar-refractivity contribution in [2.24, 2.45) is 0 Å². The molecule has 0 saturated carbocycles. The predicted octanol–water partition coefficient (Wildman–Crippen LogP) is 0.991. The molecule has 0 fully saturated rings. The molecule has 1 atom stereocenters. The molecule has 0 heterocycles. The fourth-order valence-corrected chi connectivity index (χ4v) is 3.99. The van der Waals surface area contributed by atoms with Crippen molar-refractivity contribution in [3.63, 3.8) is 0 Å². The summed E-state index contributed by atoms with van der Waals surface area (Å²) in [6.07, 6.45) is 4.75. The van der Waals surface area contributed by atoms with Crippen LogP contribution < -0.4 is 0 Å². The largest absolute Gasteiger partial charge is 0.342 e.